The Morgan fingerprint density at radius 3 is 3.06 bits per heavy atom. The molecule has 82 valence electrons. The van der Waals surface area contributed by atoms with Crippen LogP contribution in [0, 0.1) is 11.8 Å². The lowest BCUT2D eigenvalue weighted by Gasteiger charge is -2.02. The summed E-state index contributed by atoms with van der Waals surface area (Å²) in [5.41, 5.74) is 8.81. The molecule has 0 saturated heterocycles. The summed E-state index contributed by atoms with van der Waals surface area (Å²) >= 11 is 5.85. The molecule has 0 unspecified atom stereocenters. The van der Waals surface area contributed by atoms with Crippen LogP contribution in [0.25, 0.3) is 10.4 Å². The van der Waals surface area contributed by atoms with Crippen molar-refractivity contribution >= 4 is 11.6 Å². The molecule has 1 rings (SSSR count). The molecule has 0 radical (unpaired) electrons. The fraction of sp³-hybridized carbons (Fsp3) is 0.273. The summed E-state index contributed by atoms with van der Waals surface area (Å²) in [7, 11) is 1.58. The van der Waals surface area contributed by atoms with Gasteiger partial charge < -0.3 is 4.74 Å². The molecular formula is C11H10ClN3O. The summed E-state index contributed by atoms with van der Waals surface area (Å²) in [5.74, 6) is 6.49. The van der Waals surface area contributed by atoms with Crippen LogP contribution in [0.1, 0.15) is 12.0 Å². The maximum absolute atomic E-state index is 8.07. The molecule has 0 aromatic heterocycles. The van der Waals surface area contributed by atoms with E-state index in [1.54, 1.807) is 25.3 Å². The van der Waals surface area contributed by atoms with Crippen LogP contribution < -0.4 is 4.74 Å². The molecule has 0 atom stereocenters. The van der Waals surface area contributed by atoms with Crippen molar-refractivity contribution in [2.45, 2.75) is 6.42 Å². The van der Waals surface area contributed by atoms with Gasteiger partial charge in [-0.15, -0.1) is 0 Å². The molecule has 0 N–H and O–H groups in total. The number of rotatable bonds is 3. The first-order valence-electron chi connectivity index (χ1n) is 4.61. The van der Waals surface area contributed by atoms with Crippen molar-refractivity contribution < 1.29 is 4.74 Å². The van der Waals surface area contributed by atoms with Crippen LogP contribution in [0.4, 0.5) is 0 Å². The number of benzene rings is 1. The van der Waals surface area contributed by atoms with Crippen molar-refractivity contribution in [2.24, 2.45) is 5.11 Å². The van der Waals surface area contributed by atoms with Gasteiger partial charge in [0.2, 0.25) is 0 Å². The van der Waals surface area contributed by atoms with Crippen LogP contribution in [0.5, 0.6) is 5.75 Å². The first-order valence-corrected chi connectivity index (χ1v) is 4.99. The van der Waals surface area contributed by atoms with Gasteiger partial charge in [-0.1, -0.05) is 28.6 Å². The third-order valence-electron chi connectivity index (χ3n) is 1.78. The highest BCUT2D eigenvalue weighted by atomic mass is 35.5. The van der Waals surface area contributed by atoms with Crippen LogP contribution in [-0.4, -0.2) is 13.7 Å². The lowest BCUT2D eigenvalue weighted by atomic mass is 10.2. The van der Waals surface area contributed by atoms with Gasteiger partial charge in [-0.05, 0) is 23.7 Å². The van der Waals surface area contributed by atoms with E-state index in [0.717, 1.165) is 5.56 Å². The molecule has 1 aromatic carbocycles. The summed E-state index contributed by atoms with van der Waals surface area (Å²) < 4.78 is 5.14. The highest BCUT2D eigenvalue weighted by Crippen LogP contribution is 2.21. The van der Waals surface area contributed by atoms with Crippen molar-refractivity contribution in [2.75, 3.05) is 13.7 Å². The highest BCUT2D eigenvalue weighted by Gasteiger charge is 1.99. The lowest BCUT2D eigenvalue weighted by Crippen LogP contribution is -1.87. The maximum atomic E-state index is 8.07. The van der Waals surface area contributed by atoms with Gasteiger partial charge in [0.05, 0.1) is 12.7 Å². The van der Waals surface area contributed by atoms with Crippen LogP contribution in [-0.2, 0) is 0 Å². The number of halogens is 1. The van der Waals surface area contributed by atoms with Gasteiger partial charge in [0.1, 0.15) is 5.75 Å². The first kappa shape index (κ1) is 12.3. The number of azide groups is 1. The zero-order chi connectivity index (χ0) is 11.8. The molecular weight excluding hydrogens is 226 g/mol. The van der Waals surface area contributed by atoms with Crippen molar-refractivity contribution in [3.63, 3.8) is 0 Å². The first-order chi connectivity index (χ1) is 7.77. The standard InChI is InChI=1S/C11H10ClN3O/c1-16-11-6-5-10(12)8-9(11)4-2-3-7-14-15-13/h5-6,8H,3,7H2,1H3. The Morgan fingerprint density at radius 2 is 2.38 bits per heavy atom. The number of nitrogens with zero attached hydrogens (tertiary/aromatic N) is 3. The average Bonchev–Trinajstić information content (AvgIpc) is 2.29. The number of hydrogen-bond donors (Lipinski definition) is 0. The summed E-state index contributed by atoms with van der Waals surface area (Å²) in [6, 6.07) is 5.24. The molecule has 1 aromatic rings. The Morgan fingerprint density at radius 1 is 1.56 bits per heavy atom. The maximum Gasteiger partial charge on any atom is 0.134 e. The topological polar surface area (TPSA) is 58.0 Å². The molecule has 0 spiro atoms. The largest absolute Gasteiger partial charge is 0.495 e. The van der Waals surface area contributed by atoms with Crippen molar-refractivity contribution in [1.82, 2.24) is 0 Å². The molecule has 0 heterocycles. The minimum atomic E-state index is 0.367. The van der Waals surface area contributed by atoms with Gasteiger partial charge in [-0.25, -0.2) is 0 Å². The van der Waals surface area contributed by atoms with Gasteiger partial charge in [-0.3, -0.25) is 0 Å². The Kier molecular flexibility index (Phi) is 5.07. The van der Waals surface area contributed by atoms with E-state index in [-0.39, 0.29) is 0 Å². The Hall–Kier alpha value is -1.82. The van der Waals surface area contributed by atoms with Gasteiger partial charge in [0.25, 0.3) is 0 Å². The number of hydrogen-bond acceptors (Lipinski definition) is 2. The fourth-order valence-corrected chi connectivity index (χ4v) is 1.26. The third-order valence-corrected chi connectivity index (χ3v) is 2.02. The van der Waals surface area contributed by atoms with E-state index in [9.17, 15) is 0 Å². The second-order valence-electron chi connectivity index (χ2n) is 2.85. The monoisotopic (exact) mass is 235 g/mol. The van der Waals surface area contributed by atoms with Gasteiger partial charge in [0.15, 0.2) is 0 Å². The molecule has 0 saturated carbocycles. The molecule has 0 bridgehead atoms. The predicted molar refractivity (Wildman–Crippen MR) is 63.5 cm³/mol. The Balaban J connectivity index is 2.78. The molecule has 5 heteroatoms. The van der Waals surface area contributed by atoms with Crippen LogP contribution >= 0.6 is 11.6 Å². The summed E-state index contributed by atoms with van der Waals surface area (Å²) in [6.07, 6.45) is 0.514. The van der Waals surface area contributed by atoms with E-state index in [0.29, 0.717) is 23.7 Å². The Labute approximate surface area is 98.8 Å². The van der Waals surface area contributed by atoms with Crippen LogP contribution in [0.15, 0.2) is 23.3 Å². The van der Waals surface area contributed by atoms with Gasteiger partial charge >= 0.3 is 0 Å². The summed E-state index contributed by atoms with van der Waals surface area (Å²) in [6.45, 7) is 0.367. The molecule has 4 nitrogen and oxygen atoms in total. The van der Waals surface area contributed by atoms with E-state index in [2.05, 4.69) is 21.9 Å². The minimum absolute atomic E-state index is 0.367. The van der Waals surface area contributed by atoms with E-state index in [4.69, 9.17) is 21.9 Å². The zero-order valence-corrected chi connectivity index (χ0v) is 9.53. The quantitative estimate of drug-likeness (QED) is 0.260. The zero-order valence-electron chi connectivity index (χ0n) is 8.77. The molecule has 0 aliphatic carbocycles. The summed E-state index contributed by atoms with van der Waals surface area (Å²) in [5, 5.41) is 4.00. The fourth-order valence-electron chi connectivity index (χ4n) is 1.09. The number of methoxy groups -OCH3 is 1. The normalized spacial score (nSPS) is 8.62. The average molecular weight is 236 g/mol. The molecule has 0 aliphatic heterocycles. The lowest BCUT2D eigenvalue weighted by molar-refractivity contribution is 0.413. The molecule has 16 heavy (non-hydrogen) atoms. The number of ether oxygens (including phenoxy) is 1. The molecule has 0 fully saturated rings. The van der Waals surface area contributed by atoms with E-state index in [1.807, 2.05) is 0 Å². The summed E-state index contributed by atoms with van der Waals surface area (Å²) in [4.78, 5) is 2.64. The van der Waals surface area contributed by atoms with E-state index >= 15 is 0 Å². The van der Waals surface area contributed by atoms with Crippen molar-refractivity contribution in [1.29, 1.82) is 0 Å². The third kappa shape index (κ3) is 3.74. The van der Waals surface area contributed by atoms with Crippen LogP contribution in [0.3, 0.4) is 0 Å². The smallest absolute Gasteiger partial charge is 0.134 e. The van der Waals surface area contributed by atoms with E-state index in [1.165, 1.54) is 0 Å². The van der Waals surface area contributed by atoms with Crippen molar-refractivity contribution in [3.8, 4) is 17.6 Å². The van der Waals surface area contributed by atoms with Gasteiger partial charge in [0, 0.05) is 22.9 Å². The Bertz CT molecular complexity index is 470. The minimum Gasteiger partial charge on any atom is -0.495 e. The van der Waals surface area contributed by atoms with Crippen LogP contribution in [0.2, 0.25) is 5.02 Å². The predicted octanol–water partition coefficient (Wildman–Crippen LogP) is 3.40. The molecule has 0 aliphatic rings. The van der Waals surface area contributed by atoms with Gasteiger partial charge in [-0.2, -0.15) is 0 Å². The second-order valence-corrected chi connectivity index (χ2v) is 3.29. The van der Waals surface area contributed by atoms with Crippen molar-refractivity contribution in [3.05, 3.63) is 39.2 Å². The molecule has 0 amide bonds. The highest BCUT2D eigenvalue weighted by molar-refractivity contribution is 6.30. The van der Waals surface area contributed by atoms with E-state index < -0.39 is 0 Å². The SMILES string of the molecule is COc1ccc(Cl)cc1C#CCCN=[N+]=[N-]. The second kappa shape index (κ2) is 6.62.